The molecule has 0 saturated heterocycles. The van der Waals surface area contributed by atoms with Crippen molar-refractivity contribution in [1.29, 1.82) is 0 Å². The molecule has 0 atom stereocenters. The second-order valence-corrected chi connectivity index (χ2v) is 3.65. The highest BCUT2D eigenvalue weighted by Gasteiger charge is 1.99. The lowest BCUT2D eigenvalue weighted by Crippen LogP contribution is -2.24. The monoisotopic (exact) mass is 216 g/mol. The molecule has 0 aliphatic carbocycles. The van der Waals surface area contributed by atoms with Gasteiger partial charge in [-0.15, -0.1) is 0 Å². The van der Waals surface area contributed by atoms with Crippen molar-refractivity contribution >= 4 is 5.91 Å². The zero-order valence-corrected chi connectivity index (χ0v) is 9.76. The van der Waals surface area contributed by atoms with Gasteiger partial charge in [-0.1, -0.05) is 6.42 Å². The summed E-state index contributed by atoms with van der Waals surface area (Å²) in [7, 11) is 1.69. The summed E-state index contributed by atoms with van der Waals surface area (Å²) in [4.78, 5) is 11.3. The second kappa shape index (κ2) is 11.5. The standard InChI is InChI=1S/C11H24N2O2/c1-15-10-6-5-9-13-11(14)7-3-2-4-8-12/h2-10,12H2,1H3,(H,13,14). The van der Waals surface area contributed by atoms with E-state index in [2.05, 4.69) is 5.32 Å². The minimum Gasteiger partial charge on any atom is -0.385 e. The van der Waals surface area contributed by atoms with Crippen LogP contribution in [0.2, 0.25) is 0 Å². The van der Waals surface area contributed by atoms with Crippen LogP contribution in [-0.4, -0.2) is 32.7 Å². The Morgan fingerprint density at radius 2 is 2.00 bits per heavy atom. The smallest absolute Gasteiger partial charge is 0.219 e. The summed E-state index contributed by atoms with van der Waals surface area (Å²) in [5.74, 6) is 0.157. The average Bonchev–Trinajstić information content (AvgIpc) is 2.24. The van der Waals surface area contributed by atoms with E-state index in [1.165, 1.54) is 0 Å². The molecule has 0 aliphatic heterocycles. The van der Waals surface area contributed by atoms with Crippen molar-refractivity contribution in [1.82, 2.24) is 5.32 Å². The molecule has 0 aromatic heterocycles. The van der Waals surface area contributed by atoms with Gasteiger partial charge in [-0.05, 0) is 32.2 Å². The fourth-order valence-electron chi connectivity index (χ4n) is 1.29. The van der Waals surface area contributed by atoms with Crippen molar-refractivity contribution < 1.29 is 9.53 Å². The Balaban J connectivity index is 3.11. The third-order valence-corrected chi connectivity index (χ3v) is 2.21. The first-order chi connectivity index (χ1) is 7.31. The molecule has 0 aromatic carbocycles. The van der Waals surface area contributed by atoms with Gasteiger partial charge < -0.3 is 15.8 Å². The lowest BCUT2D eigenvalue weighted by molar-refractivity contribution is -0.121. The Morgan fingerprint density at radius 3 is 2.67 bits per heavy atom. The maximum absolute atomic E-state index is 11.3. The van der Waals surface area contributed by atoms with E-state index in [1.54, 1.807) is 7.11 Å². The van der Waals surface area contributed by atoms with Crippen molar-refractivity contribution in [2.45, 2.75) is 38.5 Å². The van der Waals surface area contributed by atoms with Crippen LogP contribution >= 0.6 is 0 Å². The van der Waals surface area contributed by atoms with Crippen LogP contribution in [0.25, 0.3) is 0 Å². The van der Waals surface area contributed by atoms with Gasteiger partial charge in [-0.2, -0.15) is 0 Å². The number of rotatable bonds is 10. The largest absolute Gasteiger partial charge is 0.385 e. The maximum Gasteiger partial charge on any atom is 0.219 e. The van der Waals surface area contributed by atoms with E-state index in [1.807, 2.05) is 0 Å². The van der Waals surface area contributed by atoms with Crippen molar-refractivity contribution in [3.8, 4) is 0 Å². The number of carbonyl (C=O) groups excluding carboxylic acids is 1. The van der Waals surface area contributed by atoms with Crippen LogP contribution in [0.15, 0.2) is 0 Å². The third-order valence-electron chi connectivity index (χ3n) is 2.21. The number of hydrogen-bond acceptors (Lipinski definition) is 3. The summed E-state index contributed by atoms with van der Waals surface area (Å²) in [5, 5.41) is 2.89. The van der Waals surface area contributed by atoms with E-state index in [-0.39, 0.29) is 5.91 Å². The topological polar surface area (TPSA) is 64.3 Å². The number of ether oxygens (including phenoxy) is 1. The maximum atomic E-state index is 11.3. The molecule has 0 saturated carbocycles. The Kier molecular flexibility index (Phi) is 11.0. The Bertz CT molecular complexity index is 152. The molecule has 1 amide bonds. The summed E-state index contributed by atoms with van der Waals surface area (Å²) in [6, 6.07) is 0. The lowest BCUT2D eigenvalue weighted by atomic mass is 10.2. The zero-order valence-electron chi connectivity index (χ0n) is 9.76. The van der Waals surface area contributed by atoms with Crippen LogP contribution in [0, 0.1) is 0 Å². The quantitative estimate of drug-likeness (QED) is 0.536. The van der Waals surface area contributed by atoms with E-state index in [9.17, 15) is 4.79 Å². The van der Waals surface area contributed by atoms with Gasteiger partial charge in [0.2, 0.25) is 5.91 Å². The van der Waals surface area contributed by atoms with E-state index >= 15 is 0 Å². The average molecular weight is 216 g/mol. The molecule has 0 spiro atoms. The molecule has 0 rings (SSSR count). The van der Waals surface area contributed by atoms with Gasteiger partial charge in [0, 0.05) is 26.7 Å². The molecule has 4 heteroatoms. The fourth-order valence-corrected chi connectivity index (χ4v) is 1.29. The van der Waals surface area contributed by atoms with Crippen molar-refractivity contribution in [3.63, 3.8) is 0 Å². The third kappa shape index (κ3) is 11.3. The zero-order chi connectivity index (χ0) is 11.4. The molecular weight excluding hydrogens is 192 g/mol. The summed E-state index contributed by atoms with van der Waals surface area (Å²) in [5.41, 5.74) is 5.36. The SMILES string of the molecule is COCCCCNC(=O)CCCCCN. The van der Waals surface area contributed by atoms with Gasteiger partial charge in [0.1, 0.15) is 0 Å². The Hall–Kier alpha value is -0.610. The van der Waals surface area contributed by atoms with Crippen LogP contribution in [-0.2, 0) is 9.53 Å². The van der Waals surface area contributed by atoms with Crippen LogP contribution in [0.1, 0.15) is 38.5 Å². The second-order valence-electron chi connectivity index (χ2n) is 3.65. The van der Waals surface area contributed by atoms with E-state index in [0.717, 1.165) is 51.8 Å². The molecule has 0 radical (unpaired) electrons. The highest BCUT2D eigenvalue weighted by molar-refractivity contribution is 5.75. The molecule has 0 bridgehead atoms. The van der Waals surface area contributed by atoms with Gasteiger partial charge in [0.15, 0.2) is 0 Å². The van der Waals surface area contributed by atoms with Crippen LogP contribution in [0.5, 0.6) is 0 Å². The van der Waals surface area contributed by atoms with E-state index < -0.39 is 0 Å². The molecule has 15 heavy (non-hydrogen) atoms. The molecule has 90 valence electrons. The van der Waals surface area contributed by atoms with E-state index in [4.69, 9.17) is 10.5 Å². The molecule has 0 unspecified atom stereocenters. The molecule has 4 nitrogen and oxygen atoms in total. The normalized spacial score (nSPS) is 10.3. The fraction of sp³-hybridized carbons (Fsp3) is 0.909. The molecule has 0 fully saturated rings. The number of nitrogens with one attached hydrogen (secondary N) is 1. The molecule has 3 N–H and O–H groups in total. The summed E-state index contributed by atoms with van der Waals surface area (Å²) < 4.78 is 4.92. The molecule has 0 heterocycles. The van der Waals surface area contributed by atoms with Crippen LogP contribution < -0.4 is 11.1 Å². The molecular formula is C11H24N2O2. The number of hydrogen-bond donors (Lipinski definition) is 2. The van der Waals surface area contributed by atoms with Gasteiger partial charge in [-0.25, -0.2) is 0 Å². The van der Waals surface area contributed by atoms with E-state index in [0.29, 0.717) is 6.42 Å². The van der Waals surface area contributed by atoms with Crippen molar-refractivity contribution in [3.05, 3.63) is 0 Å². The minimum absolute atomic E-state index is 0.157. The van der Waals surface area contributed by atoms with Gasteiger partial charge in [0.05, 0.1) is 0 Å². The lowest BCUT2D eigenvalue weighted by Gasteiger charge is -2.04. The summed E-state index contributed by atoms with van der Waals surface area (Å²) in [6.07, 6.45) is 5.63. The van der Waals surface area contributed by atoms with Crippen LogP contribution in [0.3, 0.4) is 0 Å². The number of unbranched alkanes of at least 4 members (excludes halogenated alkanes) is 3. The molecule has 0 aliphatic rings. The van der Waals surface area contributed by atoms with Crippen molar-refractivity contribution in [2.24, 2.45) is 5.73 Å². The highest BCUT2D eigenvalue weighted by atomic mass is 16.5. The highest BCUT2D eigenvalue weighted by Crippen LogP contribution is 1.98. The molecule has 0 aromatic rings. The summed E-state index contributed by atoms with van der Waals surface area (Å²) in [6.45, 7) is 2.25. The predicted octanol–water partition coefficient (Wildman–Crippen LogP) is 1.05. The number of methoxy groups -OCH3 is 1. The Labute approximate surface area is 92.6 Å². The Morgan fingerprint density at radius 1 is 1.20 bits per heavy atom. The number of nitrogens with two attached hydrogens (primary N) is 1. The minimum atomic E-state index is 0.157. The van der Waals surface area contributed by atoms with Gasteiger partial charge in [0.25, 0.3) is 0 Å². The predicted molar refractivity (Wildman–Crippen MR) is 61.6 cm³/mol. The number of amides is 1. The first kappa shape index (κ1) is 14.4. The van der Waals surface area contributed by atoms with Gasteiger partial charge >= 0.3 is 0 Å². The van der Waals surface area contributed by atoms with Crippen molar-refractivity contribution in [2.75, 3.05) is 26.8 Å². The van der Waals surface area contributed by atoms with Gasteiger partial charge in [-0.3, -0.25) is 4.79 Å². The van der Waals surface area contributed by atoms with Crippen LogP contribution in [0.4, 0.5) is 0 Å². The summed E-state index contributed by atoms with van der Waals surface area (Å²) >= 11 is 0. The first-order valence-corrected chi connectivity index (χ1v) is 5.77. The number of carbonyl (C=O) groups is 1. The first-order valence-electron chi connectivity index (χ1n) is 5.77.